The normalized spacial score (nSPS) is 21.0. The van der Waals surface area contributed by atoms with Crippen LogP contribution in [-0.4, -0.2) is 94.1 Å². The Morgan fingerprint density at radius 1 is 0.857 bits per heavy atom. The second-order valence-electron chi connectivity index (χ2n) is 18.0. The second kappa shape index (κ2) is 16.5. The monoisotopic (exact) mass is 865 g/mol. The van der Waals surface area contributed by atoms with Crippen molar-refractivity contribution in [2.24, 2.45) is 4.99 Å². The molecule has 10 rings (SSSR count). The highest BCUT2D eigenvalue weighted by atomic mass is 32.1. The van der Waals surface area contributed by atoms with Crippen molar-refractivity contribution in [3.8, 4) is 16.5 Å². The molecule has 3 aliphatic heterocycles. The van der Waals surface area contributed by atoms with E-state index < -0.39 is 5.60 Å². The van der Waals surface area contributed by atoms with Crippen molar-refractivity contribution in [1.82, 2.24) is 19.7 Å². The maximum atomic E-state index is 16.5. The number of fused-ring (bicyclic) bond motifs is 4. The maximum Gasteiger partial charge on any atom is 0.162 e. The van der Waals surface area contributed by atoms with Gasteiger partial charge in [0.25, 0.3) is 0 Å². The molecule has 4 aliphatic rings. The molecule has 4 aromatic carbocycles. The van der Waals surface area contributed by atoms with E-state index in [0.29, 0.717) is 43.9 Å². The van der Waals surface area contributed by atoms with Crippen LogP contribution in [0.1, 0.15) is 99.5 Å². The van der Waals surface area contributed by atoms with Crippen molar-refractivity contribution in [3.63, 3.8) is 0 Å². The predicted octanol–water partition coefficient (Wildman–Crippen LogP) is 9.03. The van der Waals surface area contributed by atoms with Gasteiger partial charge in [0.2, 0.25) is 0 Å². The topological polar surface area (TPSA) is 102 Å². The Morgan fingerprint density at radius 2 is 1.60 bits per heavy atom. The number of aromatic hydroxyl groups is 1. The number of piperidine rings is 1. The summed E-state index contributed by atoms with van der Waals surface area (Å²) in [7, 11) is 1.67. The molecule has 0 bridgehead atoms. The first-order valence-electron chi connectivity index (χ1n) is 22.4. The van der Waals surface area contributed by atoms with Gasteiger partial charge in [-0.3, -0.25) is 14.5 Å². The van der Waals surface area contributed by atoms with Crippen LogP contribution in [0.5, 0.6) is 11.5 Å². The maximum absolute atomic E-state index is 16.5. The molecule has 326 valence electrons. The van der Waals surface area contributed by atoms with E-state index in [2.05, 4.69) is 98.8 Å². The number of aliphatic hydroxyl groups is 1. The minimum atomic E-state index is -0.787. The number of benzene rings is 4. The van der Waals surface area contributed by atoms with Crippen LogP contribution in [-0.2, 0) is 6.42 Å². The highest BCUT2D eigenvalue weighted by Crippen LogP contribution is 2.50. The summed E-state index contributed by atoms with van der Waals surface area (Å²) >= 11 is 1.77. The molecule has 0 amide bonds. The van der Waals surface area contributed by atoms with E-state index in [0.717, 1.165) is 94.9 Å². The first-order valence-corrected chi connectivity index (χ1v) is 23.2. The number of halogens is 1. The molecule has 0 spiro atoms. The molecule has 0 unspecified atom stereocenters. The van der Waals surface area contributed by atoms with Gasteiger partial charge in [-0.05, 0) is 112 Å². The van der Waals surface area contributed by atoms with E-state index in [1.54, 1.807) is 30.6 Å². The number of aryl methyl sites for hydroxylation is 3. The van der Waals surface area contributed by atoms with Crippen molar-refractivity contribution in [3.05, 3.63) is 146 Å². The molecule has 3 atom stereocenters. The quantitative estimate of drug-likeness (QED) is 0.156. The van der Waals surface area contributed by atoms with Crippen LogP contribution in [0.3, 0.4) is 0 Å². The average molecular weight is 866 g/mol. The summed E-state index contributed by atoms with van der Waals surface area (Å²) < 4.78 is 24.7. The predicted molar refractivity (Wildman–Crippen MR) is 249 cm³/mol. The number of ether oxygens (including phenoxy) is 1. The summed E-state index contributed by atoms with van der Waals surface area (Å²) in [5.41, 5.74) is 9.63. The molecule has 0 saturated carbocycles. The molecular formula is C51H56FN7O3S. The van der Waals surface area contributed by atoms with Crippen LogP contribution < -0.4 is 14.5 Å². The van der Waals surface area contributed by atoms with Gasteiger partial charge in [0.15, 0.2) is 5.82 Å². The van der Waals surface area contributed by atoms with Gasteiger partial charge in [-0.2, -0.15) is 0 Å². The van der Waals surface area contributed by atoms with Gasteiger partial charge in [0.1, 0.15) is 34.2 Å². The van der Waals surface area contributed by atoms with Gasteiger partial charge >= 0.3 is 0 Å². The zero-order chi connectivity index (χ0) is 43.6. The highest BCUT2D eigenvalue weighted by molar-refractivity contribution is 7.15. The zero-order valence-electron chi connectivity index (χ0n) is 36.8. The lowest BCUT2D eigenvalue weighted by Gasteiger charge is -2.44. The number of rotatable bonds is 8. The lowest BCUT2D eigenvalue weighted by Crippen LogP contribution is -2.55. The van der Waals surface area contributed by atoms with E-state index >= 15 is 4.39 Å². The smallest absolute Gasteiger partial charge is 0.162 e. The fraction of sp³-hybridized carbons (Fsp3) is 0.392. The number of aliphatic imine (C=N–C) groups is 1. The molecule has 2 saturated heterocycles. The minimum Gasteiger partial charge on any atom is -0.508 e. The Hall–Kier alpha value is -5.56. The number of nitrogens with zero attached hydrogens (tertiary/aromatic N) is 7. The Bertz CT molecular complexity index is 2680. The van der Waals surface area contributed by atoms with Crippen molar-refractivity contribution in [2.45, 2.75) is 76.9 Å². The summed E-state index contributed by atoms with van der Waals surface area (Å²) in [6, 6.07) is 28.3. The number of phenolic OH excluding ortho intramolecular Hbond substituents is 1. The van der Waals surface area contributed by atoms with Gasteiger partial charge in [-0.25, -0.2) is 4.39 Å². The third-order valence-corrected chi connectivity index (χ3v) is 15.4. The SMILES string of the molecule is COc1cc(N2CCN(CC3(O)CCN(c4ccc(C5=N[C@@H](C)c6nnc(C)n6-c6sc(C)c(C)c65)cc4)CC3)CC2)c(F)cc1[C@@H]1c2ccc(O)cc2CC[C@@H]1c1ccccc1. The first-order chi connectivity index (χ1) is 30.5. The van der Waals surface area contributed by atoms with Crippen LogP contribution >= 0.6 is 11.3 Å². The Kier molecular flexibility index (Phi) is 10.9. The molecule has 10 nitrogen and oxygen atoms in total. The van der Waals surface area contributed by atoms with E-state index in [1.807, 2.05) is 31.2 Å². The fourth-order valence-corrected chi connectivity index (χ4v) is 11.9. The van der Waals surface area contributed by atoms with Gasteiger partial charge in [-0.15, -0.1) is 21.5 Å². The molecule has 1 aliphatic carbocycles. The molecule has 12 heteroatoms. The Morgan fingerprint density at radius 3 is 2.33 bits per heavy atom. The van der Waals surface area contributed by atoms with Crippen LogP contribution in [0.4, 0.5) is 15.8 Å². The summed E-state index contributed by atoms with van der Waals surface area (Å²) in [5, 5.41) is 32.2. The number of anilines is 2. The number of hydrogen-bond acceptors (Lipinski definition) is 10. The summed E-state index contributed by atoms with van der Waals surface area (Å²) in [6.07, 6.45) is 3.08. The van der Waals surface area contributed by atoms with Crippen LogP contribution in [0.25, 0.3) is 5.00 Å². The second-order valence-corrected chi connectivity index (χ2v) is 19.2. The number of thiophene rings is 1. The summed E-state index contributed by atoms with van der Waals surface area (Å²) in [4.78, 5) is 13.3. The molecular weight excluding hydrogens is 810 g/mol. The zero-order valence-corrected chi connectivity index (χ0v) is 37.6. The molecule has 2 fully saturated rings. The van der Waals surface area contributed by atoms with E-state index in [1.165, 1.54) is 16.0 Å². The lowest BCUT2D eigenvalue weighted by molar-refractivity contribution is -0.0173. The number of phenols is 1. The molecule has 6 aromatic rings. The van der Waals surface area contributed by atoms with Crippen LogP contribution in [0.2, 0.25) is 0 Å². The minimum absolute atomic E-state index is 0.123. The standard InChI is InChI=1S/C51H56FN7O3S/c1-31-33(3)63-50-46(31)48(53-32(2)49-55-54-34(4)59(49)50)36-11-14-38(15-12-36)57-21-19-51(61,20-22-57)30-56-23-25-58(26-24-56)44-29-45(62-5)42(28-43(44)52)47-40(35-9-7-6-8-10-35)17-13-37-27-39(60)16-18-41(37)47/h6-12,14-16,18,27-29,32,40,47,60-61H,13,17,19-26,30H2,1-5H3/t32-,40+,47-/m0/s1. The number of aromatic nitrogens is 3. The molecule has 63 heavy (non-hydrogen) atoms. The lowest BCUT2D eigenvalue weighted by atomic mass is 9.69. The number of methoxy groups -OCH3 is 1. The number of hydrogen-bond donors (Lipinski definition) is 2. The van der Waals surface area contributed by atoms with E-state index in [-0.39, 0.29) is 29.4 Å². The third-order valence-electron chi connectivity index (χ3n) is 14.2. The van der Waals surface area contributed by atoms with Crippen molar-refractivity contribution in [1.29, 1.82) is 0 Å². The largest absolute Gasteiger partial charge is 0.508 e. The van der Waals surface area contributed by atoms with Gasteiger partial charge in [0.05, 0.1) is 24.1 Å². The van der Waals surface area contributed by atoms with Crippen molar-refractivity contribution >= 4 is 28.4 Å². The van der Waals surface area contributed by atoms with Gasteiger partial charge in [-0.1, -0.05) is 48.5 Å². The Balaban J connectivity index is 0.791. The summed E-state index contributed by atoms with van der Waals surface area (Å²) in [5.74, 6) is 2.43. The summed E-state index contributed by atoms with van der Waals surface area (Å²) in [6.45, 7) is 13.4. The number of piperazine rings is 1. The molecule has 2 aromatic heterocycles. The van der Waals surface area contributed by atoms with Gasteiger partial charge in [0, 0.05) is 85.1 Å². The third kappa shape index (κ3) is 7.59. The van der Waals surface area contributed by atoms with Crippen molar-refractivity contribution < 1.29 is 19.3 Å². The fourth-order valence-electron chi connectivity index (χ4n) is 10.7. The van der Waals surface area contributed by atoms with Crippen LogP contribution in [0.15, 0.2) is 89.9 Å². The molecule has 2 N–H and O–H groups in total. The first kappa shape index (κ1) is 41.5. The highest BCUT2D eigenvalue weighted by Gasteiger charge is 2.38. The molecule has 0 radical (unpaired) electrons. The average Bonchev–Trinajstić information content (AvgIpc) is 3.78. The van der Waals surface area contributed by atoms with Crippen LogP contribution in [0, 0.1) is 26.6 Å². The van der Waals surface area contributed by atoms with E-state index in [9.17, 15) is 10.2 Å². The molecule has 5 heterocycles. The Labute approximate surface area is 373 Å². The number of β-amino-alcohol motifs (C(OH)–C–C–N with tert-alkyl or cyclic N) is 1. The van der Waals surface area contributed by atoms with Crippen molar-refractivity contribution in [2.75, 3.05) is 62.7 Å². The van der Waals surface area contributed by atoms with Gasteiger partial charge < -0.3 is 24.7 Å². The van der Waals surface area contributed by atoms with E-state index in [4.69, 9.17) is 9.73 Å².